The molecule has 0 aromatic rings. The van der Waals surface area contributed by atoms with Gasteiger partial charge in [-0.1, -0.05) is 0 Å². The maximum atomic E-state index is 6.05. The van der Waals surface area contributed by atoms with Crippen molar-refractivity contribution in [3.8, 4) is 0 Å². The molecule has 0 aromatic heterocycles. The maximum absolute atomic E-state index is 6.05. The Kier molecular flexibility index (Phi) is 1.50. The van der Waals surface area contributed by atoms with Crippen molar-refractivity contribution in [2.75, 3.05) is 0 Å². The van der Waals surface area contributed by atoms with Crippen molar-refractivity contribution >= 4 is 0 Å². The zero-order valence-electron chi connectivity index (χ0n) is 7.58. The Hall–Kier alpha value is -0.0800. The van der Waals surface area contributed by atoms with E-state index in [0.717, 1.165) is 18.1 Å². The summed E-state index contributed by atoms with van der Waals surface area (Å²) in [6.07, 6.45) is 8.30. The summed E-state index contributed by atoms with van der Waals surface area (Å²) in [5.74, 6) is 0. The molecule has 68 valence electrons. The predicted octanol–water partition coefficient (Wildman–Crippen LogP) is 1.10. The molecule has 0 saturated carbocycles. The molecule has 0 aliphatic carbocycles. The fourth-order valence-electron chi connectivity index (χ4n) is 3.68. The molecule has 2 unspecified atom stereocenters. The lowest BCUT2D eigenvalue weighted by atomic mass is 9.92. The van der Waals surface area contributed by atoms with Gasteiger partial charge in [-0.05, 0) is 38.5 Å². The average Bonchev–Trinajstić information content (AvgIpc) is 2.59. The lowest BCUT2D eigenvalue weighted by Crippen LogP contribution is -2.48. The van der Waals surface area contributed by atoms with Crippen LogP contribution in [0.3, 0.4) is 0 Å². The zero-order valence-corrected chi connectivity index (χ0v) is 7.58. The molecule has 3 fully saturated rings. The first-order valence-electron chi connectivity index (χ1n) is 5.37. The molecular formula is C10H18N2. The van der Waals surface area contributed by atoms with E-state index in [-0.39, 0.29) is 0 Å². The minimum Gasteiger partial charge on any atom is -0.328 e. The fourth-order valence-corrected chi connectivity index (χ4v) is 3.68. The van der Waals surface area contributed by atoms with Gasteiger partial charge >= 0.3 is 0 Å². The van der Waals surface area contributed by atoms with Crippen LogP contribution in [-0.2, 0) is 0 Å². The molecule has 2 N–H and O–H groups in total. The van der Waals surface area contributed by atoms with Gasteiger partial charge in [0, 0.05) is 24.2 Å². The molecule has 0 bridgehead atoms. The van der Waals surface area contributed by atoms with Crippen LogP contribution in [0.1, 0.15) is 38.5 Å². The van der Waals surface area contributed by atoms with E-state index < -0.39 is 0 Å². The quantitative estimate of drug-likeness (QED) is 0.584. The molecule has 3 aliphatic rings. The Labute approximate surface area is 74.1 Å². The molecule has 2 heteroatoms. The molecule has 0 spiro atoms. The summed E-state index contributed by atoms with van der Waals surface area (Å²) in [4.78, 5) is 2.80. The van der Waals surface area contributed by atoms with E-state index in [1.807, 2.05) is 0 Å². The molecule has 2 atom stereocenters. The summed E-state index contributed by atoms with van der Waals surface area (Å²) in [7, 11) is 0. The standard InChI is InChI=1S/C10H18N2/c11-7-5-9-3-1-8-2-4-10(6-7)12(8)9/h7-10H,1-6,11H2. The maximum Gasteiger partial charge on any atom is 0.0116 e. The van der Waals surface area contributed by atoms with E-state index in [1.54, 1.807) is 0 Å². The van der Waals surface area contributed by atoms with Gasteiger partial charge in [-0.25, -0.2) is 0 Å². The van der Waals surface area contributed by atoms with Crippen molar-refractivity contribution in [2.45, 2.75) is 62.7 Å². The molecule has 0 amide bonds. The average molecular weight is 166 g/mol. The number of nitrogens with two attached hydrogens (primary N) is 1. The highest BCUT2D eigenvalue weighted by Gasteiger charge is 2.45. The van der Waals surface area contributed by atoms with Gasteiger partial charge in [-0.15, -0.1) is 0 Å². The third kappa shape index (κ3) is 0.882. The van der Waals surface area contributed by atoms with E-state index in [2.05, 4.69) is 4.90 Å². The second-order valence-corrected chi connectivity index (χ2v) is 4.79. The van der Waals surface area contributed by atoms with Crippen LogP contribution in [0.5, 0.6) is 0 Å². The number of hydrogen-bond acceptors (Lipinski definition) is 2. The highest BCUT2D eigenvalue weighted by atomic mass is 15.3. The van der Waals surface area contributed by atoms with Gasteiger partial charge in [0.05, 0.1) is 0 Å². The zero-order chi connectivity index (χ0) is 8.13. The Bertz CT molecular complexity index is 174. The summed E-state index contributed by atoms with van der Waals surface area (Å²) in [6, 6.07) is 3.19. The monoisotopic (exact) mass is 166 g/mol. The Morgan fingerprint density at radius 3 is 1.92 bits per heavy atom. The Morgan fingerprint density at radius 2 is 1.33 bits per heavy atom. The van der Waals surface area contributed by atoms with Crippen LogP contribution in [0.25, 0.3) is 0 Å². The molecule has 0 aromatic carbocycles. The van der Waals surface area contributed by atoms with Crippen LogP contribution < -0.4 is 5.73 Å². The van der Waals surface area contributed by atoms with Gasteiger partial charge in [0.1, 0.15) is 0 Å². The van der Waals surface area contributed by atoms with E-state index in [4.69, 9.17) is 5.73 Å². The highest BCUT2D eigenvalue weighted by molar-refractivity contribution is 5.02. The number of rotatable bonds is 0. The van der Waals surface area contributed by atoms with E-state index in [1.165, 1.54) is 38.5 Å². The normalized spacial score (nSPS) is 52.8. The fraction of sp³-hybridized carbons (Fsp3) is 1.00. The van der Waals surface area contributed by atoms with Crippen LogP contribution in [-0.4, -0.2) is 29.1 Å². The third-order valence-electron chi connectivity index (χ3n) is 4.08. The molecule has 2 nitrogen and oxygen atoms in total. The Balaban J connectivity index is 1.86. The van der Waals surface area contributed by atoms with Crippen LogP contribution in [0.4, 0.5) is 0 Å². The predicted molar refractivity (Wildman–Crippen MR) is 48.9 cm³/mol. The summed E-state index contributed by atoms with van der Waals surface area (Å²) in [5, 5.41) is 0. The van der Waals surface area contributed by atoms with Crippen LogP contribution >= 0.6 is 0 Å². The second-order valence-electron chi connectivity index (χ2n) is 4.79. The molecule has 0 radical (unpaired) electrons. The largest absolute Gasteiger partial charge is 0.328 e. The SMILES string of the molecule is NC1CC2CCC3CCC(C1)N32. The van der Waals surface area contributed by atoms with Gasteiger partial charge in [0.15, 0.2) is 0 Å². The van der Waals surface area contributed by atoms with Gasteiger partial charge in [0.25, 0.3) is 0 Å². The molecule has 3 heterocycles. The first kappa shape index (κ1) is 7.34. The smallest absolute Gasteiger partial charge is 0.0116 e. The molecular weight excluding hydrogens is 148 g/mol. The molecule has 3 aliphatic heterocycles. The van der Waals surface area contributed by atoms with Gasteiger partial charge < -0.3 is 5.73 Å². The van der Waals surface area contributed by atoms with Crippen molar-refractivity contribution < 1.29 is 0 Å². The van der Waals surface area contributed by atoms with Crippen molar-refractivity contribution in [3.63, 3.8) is 0 Å². The van der Waals surface area contributed by atoms with E-state index >= 15 is 0 Å². The van der Waals surface area contributed by atoms with Gasteiger partial charge in [-0.2, -0.15) is 0 Å². The number of hydrogen-bond donors (Lipinski definition) is 1. The number of piperidine rings is 1. The minimum atomic E-state index is 0.507. The second kappa shape index (κ2) is 2.46. The van der Waals surface area contributed by atoms with E-state index in [0.29, 0.717) is 6.04 Å². The summed E-state index contributed by atoms with van der Waals surface area (Å²) in [5.41, 5.74) is 6.05. The van der Waals surface area contributed by atoms with Crippen LogP contribution in [0.2, 0.25) is 0 Å². The van der Waals surface area contributed by atoms with Gasteiger partial charge in [-0.3, -0.25) is 4.90 Å². The lowest BCUT2D eigenvalue weighted by Gasteiger charge is -2.38. The first-order valence-corrected chi connectivity index (χ1v) is 5.37. The summed E-state index contributed by atoms with van der Waals surface area (Å²) >= 11 is 0. The summed E-state index contributed by atoms with van der Waals surface area (Å²) in [6.45, 7) is 0. The minimum absolute atomic E-state index is 0.507. The van der Waals surface area contributed by atoms with Crippen LogP contribution in [0.15, 0.2) is 0 Å². The van der Waals surface area contributed by atoms with Crippen molar-refractivity contribution in [3.05, 3.63) is 0 Å². The molecule has 3 saturated heterocycles. The number of nitrogens with zero attached hydrogens (tertiary/aromatic N) is 1. The van der Waals surface area contributed by atoms with Crippen molar-refractivity contribution in [2.24, 2.45) is 5.73 Å². The van der Waals surface area contributed by atoms with Crippen LogP contribution in [0, 0.1) is 0 Å². The first-order chi connectivity index (χ1) is 5.84. The lowest BCUT2D eigenvalue weighted by molar-refractivity contribution is 0.116. The highest BCUT2D eigenvalue weighted by Crippen LogP contribution is 2.42. The van der Waals surface area contributed by atoms with Crippen molar-refractivity contribution in [1.82, 2.24) is 4.90 Å². The van der Waals surface area contributed by atoms with Gasteiger partial charge in [0.2, 0.25) is 0 Å². The molecule has 12 heavy (non-hydrogen) atoms. The van der Waals surface area contributed by atoms with E-state index in [9.17, 15) is 0 Å². The Morgan fingerprint density at radius 1 is 0.833 bits per heavy atom. The topological polar surface area (TPSA) is 29.3 Å². The molecule has 3 rings (SSSR count). The van der Waals surface area contributed by atoms with Crippen molar-refractivity contribution in [1.29, 1.82) is 0 Å². The summed E-state index contributed by atoms with van der Waals surface area (Å²) < 4.78 is 0. The third-order valence-corrected chi connectivity index (χ3v) is 4.08.